The molecule has 2 aromatic heterocycles. The number of aliphatic hydroxyl groups excluding tert-OH is 1. The molecule has 1 N–H and O–H groups in total. The molecule has 0 saturated heterocycles. The van der Waals surface area contributed by atoms with Crippen LogP contribution >= 0.6 is 11.3 Å². The molecule has 4 aromatic rings. The summed E-state index contributed by atoms with van der Waals surface area (Å²) in [5.74, 6) is 1.44. The summed E-state index contributed by atoms with van der Waals surface area (Å²) in [6.07, 6.45) is 0.639. The molecular formula is C23H22N2O4S. The molecule has 0 aliphatic heterocycles. The summed E-state index contributed by atoms with van der Waals surface area (Å²) in [4.78, 5) is 18.2. The highest BCUT2D eigenvalue weighted by atomic mass is 32.1. The number of thiophene rings is 1. The minimum atomic E-state index is -0.842. The molecule has 0 fully saturated rings. The third-order valence-electron chi connectivity index (χ3n) is 4.80. The van der Waals surface area contributed by atoms with E-state index in [-0.39, 0.29) is 18.7 Å². The zero-order chi connectivity index (χ0) is 21.1. The van der Waals surface area contributed by atoms with E-state index in [1.165, 1.54) is 22.2 Å². The van der Waals surface area contributed by atoms with Crippen molar-refractivity contribution in [2.45, 2.75) is 19.6 Å². The molecule has 2 heterocycles. The second kappa shape index (κ2) is 8.69. The van der Waals surface area contributed by atoms with E-state index in [0.29, 0.717) is 16.0 Å². The van der Waals surface area contributed by atoms with Gasteiger partial charge < -0.3 is 14.6 Å². The lowest BCUT2D eigenvalue weighted by Crippen LogP contribution is -2.30. The monoisotopic (exact) mass is 422 g/mol. The largest absolute Gasteiger partial charge is 0.497 e. The van der Waals surface area contributed by atoms with Gasteiger partial charge in [-0.3, -0.25) is 9.36 Å². The van der Waals surface area contributed by atoms with Gasteiger partial charge in [0.1, 0.15) is 29.0 Å². The van der Waals surface area contributed by atoms with E-state index in [0.717, 1.165) is 22.4 Å². The van der Waals surface area contributed by atoms with Gasteiger partial charge in [-0.05, 0) is 42.3 Å². The SMILES string of the molecule is COc1ccc(-c2csc3ncn(C[C@@H](O)COc4cccc(C)c4)c(=O)c23)cc1. The first-order valence-electron chi connectivity index (χ1n) is 9.54. The number of aliphatic hydroxyl groups is 1. The number of hydrogen-bond donors (Lipinski definition) is 1. The summed E-state index contributed by atoms with van der Waals surface area (Å²) in [6, 6.07) is 15.2. The van der Waals surface area contributed by atoms with Crippen molar-refractivity contribution < 1.29 is 14.6 Å². The van der Waals surface area contributed by atoms with Crippen LogP contribution in [0.5, 0.6) is 11.5 Å². The third kappa shape index (κ3) is 4.22. The smallest absolute Gasteiger partial charge is 0.262 e. The Morgan fingerprint density at radius 2 is 1.97 bits per heavy atom. The van der Waals surface area contributed by atoms with Gasteiger partial charge in [-0.25, -0.2) is 4.98 Å². The molecular weight excluding hydrogens is 400 g/mol. The molecule has 6 nitrogen and oxygen atoms in total. The molecule has 0 radical (unpaired) electrons. The Morgan fingerprint density at radius 1 is 1.17 bits per heavy atom. The van der Waals surface area contributed by atoms with Crippen molar-refractivity contribution in [2.24, 2.45) is 0 Å². The molecule has 30 heavy (non-hydrogen) atoms. The standard InChI is InChI=1S/C23H22N2O4S/c1-15-4-3-5-19(10-15)29-12-17(26)11-25-14-24-22-21(23(25)27)20(13-30-22)16-6-8-18(28-2)9-7-16/h3-10,13-14,17,26H,11-12H2,1-2H3/t17-/m1/s1. The molecule has 0 saturated carbocycles. The maximum absolute atomic E-state index is 13.1. The lowest BCUT2D eigenvalue weighted by atomic mass is 10.1. The predicted octanol–water partition coefficient (Wildman–Crippen LogP) is 3.88. The molecule has 4 rings (SSSR count). The van der Waals surface area contributed by atoms with Gasteiger partial charge >= 0.3 is 0 Å². The van der Waals surface area contributed by atoms with Gasteiger partial charge in [-0.1, -0.05) is 24.3 Å². The molecule has 154 valence electrons. The Kier molecular flexibility index (Phi) is 5.83. The van der Waals surface area contributed by atoms with E-state index >= 15 is 0 Å². The van der Waals surface area contributed by atoms with Crippen LogP contribution in [-0.4, -0.2) is 34.5 Å². The van der Waals surface area contributed by atoms with E-state index < -0.39 is 6.10 Å². The average Bonchev–Trinajstić information content (AvgIpc) is 3.19. The lowest BCUT2D eigenvalue weighted by molar-refractivity contribution is 0.0914. The Hall–Kier alpha value is -3.16. The second-order valence-corrected chi connectivity index (χ2v) is 7.90. The number of aryl methyl sites for hydroxylation is 1. The van der Waals surface area contributed by atoms with E-state index in [1.54, 1.807) is 7.11 Å². The number of fused-ring (bicyclic) bond motifs is 1. The Labute approximate surface area is 178 Å². The van der Waals surface area contributed by atoms with Crippen molar-refractivity contribution in [3.63, 3.8) is 0 Å². The van der Waals surface area contributed by atoms with E-state index in [1.807, 2.05) is 60.8 Å². The van der Waals surface area contributed by atoms with Crippen molar-refractivity contribution in [3.05, 3.63) is 76.2 Å². The van der Waals surface area contributed by atoms with Gasteiger partial charge in [0.15, 0.2) is 0 Å². The van der Waals surface area contributed by atoms with Gasteiger partial charge in [-0.2, -0.15) is 0 Å². The highest BCUT2D eigenvalue weighted by Crippen LogP contribution is 2.31. The van der Waals surface area contributed by atoms with E-state index in [4.69, 9.17) is 9.47 Å². The van der Waals surface area contributed by atoms with Crippen molar-refractivity contribution in [1.29, 1.82) is 0 Å². The summed E-state index contributed by atoms with van der Waals surface area (Å²) < 4.78 is 12.3. The van der Waals surface area contributed by atoms with Crippen LogP contribution < -0.4 is 15.0 Å². The summed E-state index contributed by atoms with van der Waals surface area (Å²) in [6.45, 7) is 2.17. The molecule has 0 amide bonds. The molecule has 0 aliphatic rings. The zero-order valence-corrected chi connectivity index (χ0v) is 17.6. The van der Waals surface area contributed by atoms with Crippen molar-refractivity contribution in [2.75, 3.05) is 13.7 Å². The van der Waals surface area contributed by atoms with Crippen molar-refractivity contribution >= 4 is 21.6 Å². The molecule has 2 aromatic carbocycles. The molecule has 0 unspecified atom stereocenters. The number of benzene rings is 2. The molecule has 0 spiro atoms. The molecule has 0 bridgehead atoms. The first-order valence-corrected chi connectivity index (χ1v) is 10.4. The first kappa shape index (κ1) is 20.1. The summed E-state index contributed by atoms with van der Waals surface area (Å²) in [5.41, 5.74) is 2.65. The fraction of sp³-hybridized carbons (Fsp3) is 0.217. The first-order chi connectivity index (χ1) is 14.5. The summed E-state index contributed by atoms with van der Waals surface area (Å²) in [5, 5.41) is 12.9. The molecule has 7 heteroatoms. The van der Waals surface area contributed by atoms with E-state index in [9.17, 15) is 9.90 Å². The van der Waals surface area contributed by atoms with Crippen LogP contribution in [-0.2, 0) is 6.54 Å². The normalized spacial score (nSPS) is 12.1. The molecule has 1 atom stereocenters. The minimum absolute atomic E-state index is 0.0862. The van der Waals surface area contributed by atoms with Gasteiger partial charge in [0.05, 0.1) is 25.4 Å². The van der Waals surface area contributed by atoms with Gasteiger partial charge in [0, 0.05) is 10.9 Å². The Bertz CT molecular complexity index is 1210. The van der Waals surface area contributed by atoms with Crippen molar-refractivity contribution in [3.8, 4) is 22.6 Å². The number of methoxy groups -OCH3 is 1. The van der Waals surface area contributed by atoms with Crippen LogP contribution in [0, 0.1) is 6.92 Å². The quantitative estimate of drug-likeness (QED) is 0.489. The fourth-order valence-corrected chi connectivity index (χ4v) is 4.16. The highest BCUT2D eigenvalue weighted by Gasteiger charge is 2.15. The maximum Gasteiger partial charge on any atom is 0.262 e. The number of rotatable bonds is 7. The minimum Gasteiger partial charge on any atom is -0.497 e. The number of hydrogen-bond acceptors (Lipinski definition) is 6. The topological polar surface area (TPSA) is 73.6 Å². The number of ether oxygens (including phenoxy) is 2. The fourth-order valence-electron chi connectivity index (χ4n) is 3.26. The molecule has 0 aliphatic carbocycles. The summed E-state index contributed by atoms with van der Waals surface area (Å²) >= 11 is 1.43. The van der Waals surface area contributed by atoms with Crippen LogP contribution in [0.4, 0.5) is 0 Å². The second-order valence-electron chi connectivity index (χ2n) is 7.04. The maximum atomic E-state index is 13.1. The van der Waals surface area contributed by atoms with Crippen LogP contribution in [0.25, 0.3) is 21.3 Å². The predicted molar refractivity (Wildman–Crippen MR) is 119 cm³/mol. The van der Waals surface area contributed by atoms with Crippen molar-refractivity contribution in [1.82, 2.24) is 9.55 Å². The highest BCUT2D eigenvalue weighted by molar-refractivity contribution is 7.17. The van der Waals surface area contributed by atoms with Crippen LogP contribution in [0.2, 0.25) is 0 Å². The van der Waals surface area contributed by atoms with Gasteiger partial charge in [0.2, 0.25) is 0 Å². The zero-order valence-electron chi connectivity index (χ0n) is 16.7. The van der Waals surface area contributed by atoms with Gasteiger partial charge in [0.25, 0.3) is 5.56 Å². The van der Waals surface area contributed by atoms with Crippen LogP contribution in [0.15, 0.2) is 65.0 Å². The summed E-state index contributed by atoms with van der Waals surface area (Å²) in [7, 11) is 1.62. The van der Waals surface area contributed by atoms with E-state index in [2.05, 4.69) is 4.98 Å². The average molecular weight is 423 g/mol. The van der Waals surface area contributed by atoms with Crippen LogP contribution in [0.1, 0.15) is 5.56 Å². The number of nitrogens with zero attached hydrogens (tertiary/aromatic N) is 2. The third-order valence-corrected chi connectivity index (χ3v) is 5.69. The van der Waals surface area contributed by atoms with Gasteiger partial charge in [-0.15, -0.1) is 11.3 Å². The Morgan fingerprint density at radius 3 is 2.70 bits per heavy atom. The Balaban J connectivity index is 1.56. The number of aromatic nitrogens is 2. The lowest BCUT2D eigenvalue weighted by Gasteiger charge is -2.14. The van der Waals surface area contributed by atoms with Crippen LogP contribution in [0.3, 0.4) is 0 Å².